The summed E-state index contributed by atoms with van der Waals surface area (Å²) in [6.07, 6.45) is 3.50. The largest absolute Gasteiger partial charge is 0.462 e. The molecule has 0 spiro atoms. The molecule has 0 unspecified atom stereocenters. The Balaban J connectivity index is 2.11. The lowest BCUT2D eigenvalue weighted by atomic mass is 10.1. The molecule has 2 rings (SSSR count). The topological polar surface area (TPSA) is 115 Å². The predicted octanol–water partition coefficient (Wildman–Crippen LogP) is 5.49. The van der Waals surface area contributed by atoms with Gasteiger partial charge >= 0.3 is 23.9 Å². The molecule has 222 valence electrons. The van der Waals surface area contributed by atoms with Crippen LogP contribution in [0.2, 0.25) is 0 Å². The molecule has 0 bridgehead atoms. The van der Waals surface area contributed by atoms with Gasteiger partial charge in [0.25, 0.3) is 0 Å². The van der Waals surface area contributed by atoms with Crippen molar-refractivity contribution in [3.63, 3.8) is 0 Å². The maximum absolute atomic E-state index is 12.6. The highest BCUT2D eigenvalue weighted by Crippen LogP contribution is 2.27. The molecule has 0 saturated carbocycles. The second kappa shape index (κ2) is 15.3. The number of unbranched alkanes of at least 4 members (excludes halogenated alkanes) is 3. The lowest BCUT2D eigenvalue weighted by molar-refractivity contribution is 0.0479. The highest BCUT2D eigenvalue weighted by molar-refractivity contribution is 6.06. The van der Waals surface area contributed by atoms with Crippen molar-refractivity contribution in [2.24, 2.45) is 0 Å². The fourth-order valence-electron chi connectivity index (χ4n) is 5.14. The fourth-order valence-corrected chi connectivity index (χ4v) is 5.14. The molecule has 0 amide bonds. The van der Waals surface area contributed by atoms with Gasteiger partial charge in [-0.2, -0.15) is 0 Å². The number of ether oxygens (including phenoxy) is 4. The van der Waals surface area contributed by atoms with Gasteiger partial charge in [0.15, 0.2) is 0 Å². The first-order valence-corrected chi connectivity index (χ1v) is 14.1. The highest BCUT2D eigenvalue weighted by Gasteiger charge is 2.30. The molecule has 2 heterocycles. The van der Waals surface area contributed by atoms with E-state index in [1.54, 1.807) is 27.7 Å². The van der Waals surface area contributed by atoms with E-state index in [1.807, 2.05) is 36.8 Å². The molecule has 0 atom stereocenters. The molecular weight excluding hydrogens is 516 g/mol. The van der Waals surface area contributed by atoms with Gasteiger partial charge < -0.3 is 28.1 Å². The van der Waals surface area contributed by atoms with Crippen molar-refractivity contribution >= 4 is 23.9 Å². The standard InChI is InChI=1S/C30H44N2O8/c1-9-37-27(33)23-19(5)31(20(6)24(23)28(34)38-10-2)17-15-13-14-16-18-32-21(7)25(29(35)39-11-3)26(22(32)8)30(36)40-12-4/h9-18H2,1-8H3. The van der Waals surface area contributed by atoms with E-state index in [4.69, 9.17) is 18.9 Å². The zero-order chi connectivity index (χ0) is 30.0. The fraction of sp³-hybridized carbons (Fsp3) is 0.600. The Hall–Kier alpha value is -3.56. The molecular formula is C30H44N2O8. The van der Waals surface area contributed by atoms with Gasteiger partial charge in [0, 0.05) is 35.9 Å². The van der Waals surface area contributed by atoms with Crippen LogP contribution in [0.4, 0.5) is 0 Å². The van der Waals surface area contributed by atoms with Gasteiger partial charge in [-0.15, -0.1) is 0 Å². The first-order valence-electron chi connectivity index (χ1n) is 14.1. The van der Waals surface area contributed by atoms with Crippen molar-refractivity contribution in [1.29, 1.82) is 0 Å². The van der Waals surface area contributed by atoms with Crippen LogP contribution in [0.1, 0.15) is 118 Å². The van der Waals surface area contributed by atoms with Gasteiger partial charge in [0.1, 0.15) is 0 Å². The van der Waals surface area contributed by atoms with Crippen LogP contribution in [-0.4, -0.2) is 59.4 Å². The second-order valence-corrected chi connectivity index (χ2v) is 9.44. The molecule has 10 nitrogen and oxygen atoms in total. The van der Waals surface area contributed by atoms with Gasteiger partial charge in [0.2, 0.25) is 0 Å². The van der Waals surface area contributed by atoms with Crippen LogP contribution in [0.15, 0.2) is 0 Å². The summed E-state index contributed by atoms with van der Waals surface area (Å²) < 4.78 is 24.8. The molecule has 0 aliphatic rings. The summed E-state index contributed by atoms with van der Waals surface area (Å²) in [5, 5.41) is 0. The molecule has 0 N–H and O–H groups in total. The number of aromatic nitrogens is 2. The lowest BCUT2D eigenvalue weighted by Crippen LogP contribution is -2.13. The molecule has 0 radical (unpaired) electrons. The first kappa shape index (κ1) is 32.7. The minimum atomic E-state index is -0.522. The Labute approximate surface area is 236 Å². The van der Waals surface area contributed by atoms with Crippen molar-refractivity contribution in [1.82, 2.24) is 9.13 Å². The van der Waals surface area contributed by atoms with Gasteiger partial charge in [-0.1, -0.05) is 12.8 Å². The van der Waals surface area contributed by atoms with Crippen LogP contribution in [0.25, 0.3) is 0 Å². The van der Waals surface area contributed by atoms with Crippen LogP contribution >= 0.6 is 0 Å². The number of nitrogens with zero attached hydrogens (tertiary/aromatic N) is 2. The van der Waals surface area contributed by atoms with Crippen molar-refractivity contribution in [2.45, 2.75) is 94.2 Å². The number of carbonyl (C=O) groups excluding carboxylic acids is 4. The zero-order valence-corrected chi connectivity index (χ0v) is 25.2. The van der Waals surface area contributed by atoms with E-state index in [1.165, 1.54) is 0 Å². The SMILES string of the molecule is CCOC(=O)c1c(C(=O)OCC)c(C)n(CCCCCCn2c(C)c(C(=O)OCC)c(C(=O)OCC)c2C)c1C. The average Bonchev–Trinajstić information content (AvgIpc) is 3.30. The third-order valence-electron chi connectivity index (χ3n) is 7.00. The molecule has 0 saturated heterocycles. The van der Waals surface area contributed by atoms with Crippen LogP contribution in [-0.2, 0) is 32.0 Å². The summed E-state index contributed by atoms with van der Waals surface area (Å²) >= 11 is 0. The Kier molecular flexibility index (Phi) is 12.5. The first-order chi connectivity index (χ1) is 19.1. The molecule has 0 aromatic carbocycles. The third-order valence-corrected chi connectivity index (χ3v) is 7.00. The molecule has 2 aromatic heterocycles. The smallest absolute Gasteiger partial charge is 0.340 e. The average molecular weight is 561 g/mol. The minimum absolute atomic E-state index is 0.216. The summed E-state index contributed by atoms with van der Waals surface area (Å²) in [7, 11) is 0. The Morgan fingerprint density at radius 2 is 0.675 bits per heavy atom. The van der Waals surface area contributed by atoms with Crippen LogP contribution in [0.5, 0.6) is 0 Å². The summed E-state index contributed by atoms with van der Waals surface area (Å²) in [4.78, 5) is 50.6. The van der Waals surface area contributed by atoms with Crippen molar-refractivity contribution in [3.05, 3.63) is 45.0 Å². The maximum atomic E-state index is 12.6. The van der Waals surface area contributed by atoms with Gasteiger partial charge in [-0.3, -0.25) is 0 Å². The highest BCUT2D eigenvalue weighted by atomic mass is 16.5. The summed E-state index contributed by atoms with van der Waals surface area (Å²) in [6, 6.07) is 0. The molecule has 0 fully saturated rings. The van der Waals surface area contributed by atoms with Crippen molar-refractivity contribution < 1.29 is 38.1 Å². The van der Waals surface area contributed by atoms with Crippen LogP contribution in [0, 0.1) is 27.7 Å². The van der Waals surface area contributed by atoms with Crippen LogP contribution < -0.4 is 0 Å². The van der Waals surface area contributed by atoms with E-state index < -0.39 is 23.9 Å². The molecule has 10 heteroatoms. The van der Waals surface area contributed by atoms with Crippen molar-refractivity contribution in [3.8, 4) is 0 Å². The summed E-state index contributed by atoms with van der Waals surface area (Å²) in [6.45, 7) is 16.4. The molecule has 2 aromatic rings. The molecule has 40 heavy (non-hydrogen) atoms. The predicted molar refractivity (Wildman–Crippen MR) is 150 cm³/mol. The number of carbonyl (C=O) groups is 4. The summed E-state index contributed by atoms with van der Waals surface area (Å²) in [5.74, 6) is -2.09. The van der Waals surface area contributed by atoms with E-state index in [0.717, 1.165) is 25.7 Å². The minimum Gasteiger partial charge on any atom is -0.462 e. The number of hydrogen-bond donors (Lipinski definition) is 0. The van der Waals surface area contributed by atoms with Gasteiger partial charge in [-0.25, -0.2) is 19.2 Å². The second-order valence-electron chi connectivity index (χ2n) is 9.44. The Morgan fingerprint density at radius 3 is 0.875 bits per heavy atom. The molecule has 0 aliphatic carbocycles. The number of hydrogen-bond acceptors (Lipinski definition) is 8. The van der Waals surface area contributed by atoms with Gasteiger partial charge in [-0.05, 0) is 68.2 Å². The van der Waals surface area contributed by atoms with E-state index in [2.05, 4.69) is 0 Å². The van der Waals surface area contributed by atoms with Gasteiger partial charge in [0.05, 0.1) is 48.7 Å². The zero-order valence-electron chi connectivity index (χ0n) is 25.2. The van der Waals surface area contributed by atoms with Crippen molar-refractivity contribution in [2.75, 3.05) is 26.4 Å². The van der Waals surface area contributed by atoms with E-state index in [-0.39, 0.29) is 48.7 Å². The normalized spacial score (nSPS) is 10.9. The third kappa shape index (κ3) is 7.14. The quantitative estimate of drug-likeness (QED) is 0.160. The van der Waals surface area contributed by atoms with E-state index in [0.29, 0.717) is 35.9 Å². The molecule has 0 aliphatic heterocycles. The van der Waals surface area contributed by atoms with E-state index in [9.17, 15) is 19.2 Å². The number of esters is 4. The maximum Gasteiger partial charge on any atom is 0.340 e. The summed E-state index contributed by atoms with van der Waals surface area (Å²) in [5.41, 5.74) is 3.84. The monoisotopic (exact) mass is 560 g/mol. The Bertz CT molecular complexity index is 1040. The van der Waals surface area contributed by atoms with E-state index >= 15 is 0 Å². The number of rotatable bonds is 15. The lowest BCUT2D eigenvalue weighted by Gasteiger charge is -2.11. The van der Waals surface area contributed by atoms with Crippen LogP contribution in [0.3, 0.4) is 0 Å². The Morgan fingerprint density at radius 1 is 0.450 bits per heavy atom.